The van der Waals surface area contributed by atoms with Crippen LogP contribution in [0.4, 0.5) is 5.69 Å². The van der Waals surface area contributed by atoms with Gasteiger partial charge in [-0.3, -0.25) is 25.4 Å². The quantitative estimate of drug-likeness (QED) is 0.733. The van der Waals surface area contributed by atoms with Crippen molar-refractivity contribution in [2.45, 2.75) is 12.8 Å². The van der Waals surface area contributed by atoms with Crippen LogP contribution < -0.4 is 10.9 Å². The van der Waals surface area contributed by atoms with Crippen LogP contribution in [0.25, 0.3) is 10.9 Å². The van der Waals surface area contributed by atoms with Gasteiger partial charge in [-0.2, -0.15) is 0 Å². The molecule has 8 heteroatoms. The number of hydrazine groups is 1. The first-order valence-electron chi connectivity index (χ1n) is 5.87. The van der Waals surface area contributed by atoms with Crippen molar-refractivity contribution in [3.8, 4) is 0 Å². The normalized spacial score (nSPS) is 9.76. The number of halogens is 2. The molecule has 0 aliphatic heterocycles. The largest absolute Gasteiger partial charge is 0.481 e. The standard InChI is InChI=1S/C13H12ClN3O3.ClH/c14-8-1-2-9-10(5-6-15-11(9)7-8)16-17-12(18)3-4-13(19)20;/h1-2,5-7H,3-4H2,(H,15,16)(H,17,18)(H,19,20);1H. The van der Waals surface area contributed by atoms with Gasteiger partial charge in [0.05, 0.1) is 17.6 Å². The Bertz CT molecular complexity index is 664. The third kappa shape index (κ3) is 4.77. The zero-order chi connectivity index (χ0) is 14.5. The number of fused-ring (bicyclic) bond motifs is 1. The minimum Gasteiger partial charge on any atom is -0.481 e. The van der Waals surface area contributed by atoms with Gasteiger partial charge in [0.25, 0.3) is 0 Å². The number of carboxylic acid groups (broad SMARTS) is 1. The Morgan fingerprint density at radius 3 is 2.71 bits per heavy atom. The lowest BCUT2D eigenvalue weighted by atomic mass is 10.2. The molecular formula is C13H13Cl2N3O3. The number of rotatable bonds is 5. The van der Waals surface area contributed by atoms with Crippen molar-refractivity contribution in [3.05, 3.63) is 35.5 Å². The Morgan fingerprint density at radius 1 is 1.24 bits per heavy atom. The number of aliphatic carboxylic acids is 1. The Morgan fingerprint density at radius 2 is 2.00 bits per heavy atom. The fourth-order valence-electron chi connectivity index (χ4n) is 1.65. The predicted octanol–water partition coefficient (Wildman–Crippen LogP) is 2.62. The molecule has 112 valence electrons. The smallest absolute Gasteiger partial charge is 0.303 e. The summed E-state index contributed by atoms with van der Waals surface area (Å²) in [5.41, 5.74) is 6.56. The summed E-state index contributed by atoms with van der Waals surface area (Å²) in [7, 11) is 0. The molecule has 2 rings (SSSR count). The first kappa shape index (κ1) is 17.0. The molecule has 1 aromatic heterocycles. The lowest BCUT2D eigenvalue weighted by Crippen LogP contribution is -2.29. The van der Waals surface area contributed by atoms with Gasteiger partial charge in [-0.05, 0) is 24.3 Å². The van der Waals surface area contributed by atoms with Crippen LogP contribution in [0.1, 0.15) is 12.8 Å². The lowest BCUT2D eigenvalue weighted by molar-refractivity contribution is -0.138. The van der Waals surface area contributed by atoms with Gasteiger partial charge in [-0.15, -0.1) is 12.4 Å². The number of nitrogens with one attached hydrogen (secondary N) is 2. The van der Waals surface area contributed by atoms with E-state index in [1.54, 1.807) is 30.5 Å². The molecular weight excluding hydrogens is 317 g/mol. The van der Waals surface area contributed by atoms with Gasteiger partial charge in [0.1, 0.15) is 0 Å². The second-order valence-electron chi connectivity index (χ2n) is 4.09. The molecule has 0 unspecified atom stereocenters. The number of pyridine rings is 1. The summed E-state index contributed by atoms with van der Waals surface area (Å²) in [6.45, 7) is 0. The molecule has 6 nitrogen and oxygen atoms in total. The number of hydrogen-bond donors (Lipinski definition) is 3. The lowest BCUT2D eigenvalue weighted by Gasteiger charge is -2.10. The van der Waals surface area contributed by atoms with Crippen LogP contribution in [0.5, 0.6) is 0 Å². The number of nitrogens with zero attached hydrogens (tertiary/aromatic N) is 1. The highest BCUT2D eigenvalue weighted by molar-refractivity contribution is 6.31. The SMILES string of the molecule is Cl.O=C(O)CCC(=O)NNc1ccnc2cc(Cl)ccc12. The minimum absolute atomic E-state index is 0. The Balaban J connectivity index is 0.00000220. The number of aromatic nitrogens is 1. The van der Waals surface area contributed by atoms with Crippen molar-refractivity contribution in [3.63, 3.8) is 0 Å². The molecule has 1 heterocycles. The van der Waals surface area contributed by atoms with E-state index in [1.165, 1.54) is 0 Å². The third-order valence-corrected chi connectivity index (χ3v) is 2.84. The monoisotopic (exact) mass is 329 g/mol. The zero-order valence-electron chi connectivity index (χ0n) is 10.8. The van der Waals surface area contributed by atoms with Crippen LogP contribution in [0, 0.1) is 0 Å². The van der Waals surface area contributed by atoms with Crippen molar-refractivity contribution in [1.82, 2.24) is 10.4 Å². The highest BCUT2D eigenvalue weighted by Crippen LogP contribution is 2.23. The molecule has 0 aliphatic rings. The van der Waals surface area contributed by atoms with Gasteiger partial charge >= 0.3 is 5.97 Å². The Hall–Kier alpha value is -2.05. The summed E-state index contributed by atoms with van der Waals surface area (Å²) < 4.78 is 0. The van der Waals surface area contributed by atoms with E-state index in [0.717, 1.165) is 5.39 Å². The van der Waals surface area contributed by atoms with Crippen molar-refractivity contribution in [1.29, 1.82) is 0 Å². The predicted molar refractivity (Wildman–Crippen MR) is 82.6 cm³/mol. The summed E-state index contributed by atoms with van der Waals surface area (Å²) in [5.74, 6) is -1.41. The first-order valence-corrected chi connectivity index (χ1v) is 6.25. The number of hydrogen-bond acceptors (Lipinski definition) is 4. The van der Waals surface area contributed by atoms with Gasteiger partial charge in [0, 0.05) is 23.0 Å². The van der Waals surface area contributed by atoms with Crippen LogP contribution in [-0.4, -0.2) is 22.0 Å². The topological polar surface area (TPSA) is 91.3 Å². The summed E-state index contributed by atoms with van der Waals surface area (Å²) in [6.07, 6.45) is 1.29. The molecule has 1 aromatic carbocycles. The first-order chi connectivity index (χ1) is 9.56. The molecule has 0 bridgehead atoms. The molecule has 3 N–H and O–H groups in total. The highest BCUT2D eigenvalue weighted by atomic mass is 35.5. The number of amides is 1. The fourth-order valence-corrected chi connectivity index (χ4v) is 1.82. The average molecular weight is 330 g/mol. The molecule has 0 aliphatic carbocycles. The van der Waals surface area contributed by atoms with Crippen LogP contribution in [0.3, 0.4) is 0 Å². The van der Waals surface area contributed by atoms with E-state index in [4.69, 9.17) is 16.7 Å². The molecule has 2 aromatic rings. The molecule has 1 amide bonds. The average Bonchev–Trinajstić information content (AvgIpc) is 2.42. The van der Waals surface area contributed by atoms with Gasteiger partial charge in [0.2, 0.25) is 5.91 Å². The van der Waals surface area contributed by atoms with Crippen LogP contribution in [-0.2, 0) is 9.59 Å². The minimum atomic E-state index is -1.01. The van der Waals surface area contributed by atoms with Gasteiger partial charge in [-0.25, -0.2) is 0 Å². The van der Waals surface area contributed by atoms with Gasteiger partial charge in [0.15, 0.2) is 0 Å². The van der Waals surface area contributed by atoms with Crippen molar-refractivity contribution in [2.24, 2.45) is 0 Å². The molecule has 21 heavy (non-hydrogen) atoms. The maximum Gasteiger partial charge on any atom is 0.303 e. The Labute approximate surface area is 131 Å². The zero-order valence-corrected chi connectivity index (χ0v) is 12.4. The van der Waals surface area contributed by atoms with Crippen LogP contribution in [0.2, 0.25) is 5.02 Å². The van der Waals surface area contributed by atoms with Crippen LogP contribution >= 0.6 is 24.0 Å². The maximum atomic E-state index is 11.4. The van der Waals surface area contributed by atoms with Crippen molar-refractivity contribution >= 4 is 52.5 Å². The van der Waals surface area contributed by atoms with Gasteiger partial charge in [-0.1, -0.05) is 11.6 Å². The molecule has 0 radical (unpaired) electrons. The second-order valence-corrected chi connectivity index (χ2v) is 4.52. The number of carboxylic acids is 1. The van der Waals surface area contributed by atoms with E-state index in [9.17, 15) is 9.59 Å². The summed E-state index contributed by atoms with van der Waals surface area (Å²) in [6, 6.07) is 6.93. The summed E-state index contributed by atoms with van der Waals surface area (Å²) in [4.78, 5) is 26.0. The van der Waals surface area contributed by atoms with E-state index < -0.39 is 11.9 Å². The second kappa shape index (κ2) is 7.66. The van der Waals surface area contributed by atoms with E-state index >= 15 is 0 Å². The number of benzene rings is 1. The molecule has 0 spiro atoms. The molecule has 0 fully saturated rings. The third-order valence-electron chi connectivity index (χ3n) is 2.61. The number of carbonyl (C=O) groups excluding carboxylic acids is 1. The molecule has 0 saturated carbocycles. The van der Waals surface area contributed by atoms with Gasteiger partial charge < -0.3 is 5.11 Å². The van der Waals surface area contributed by atoms with E-state index in [0.29, 0.717) is 16.2 Å². The number of carbonyl (C=O) groups is 2. The number of anilines is 1. The molecule has 0 atom stereocenters. The van der Waals surface area contributed by atoms with Crippen LogP contribution in [0.15, 0.2) is 30.5 Å². The van der Waals surface area contributed by atoms with E-state index in [2.05, 4.69) is 15.8 Å². The van der Waals surface area contributed by atoms with Crippen molar-refractivity contribution in [2.75, 3.05) is 5.43 Å². The molecule has 0 saturated heterocycles. The van der Waals surface area contributed by atoms with E-state index in [1.807, 2.05) is 0 Å². The highest BCUT2D eigenvalue weighted by Gasteiger charge is 2.06. The summed E-state index contributed by atoms with van der Waals surface area (Å²) in [5, 5.41) is 9.87. The van der Waals surface area contributed by atoms with E-state index in [-0.39, 0.29) is 25.2 Å². The Kier molecular flexibility index (Phi) is 6.20. The van der Waals surface area contributed by atoms with Crippen molar-refractivity contribution < 1.29 is 14.7 Å². The fraction of sp³-hybridized carbons (Fsp3) is 0.154. The maximum absolute atomic E-state index is 11.4. The summed E-state index contributed by atoms with van der Waals surface area (Å²) >= 11 is 5.88.